The Hall–Kier alpha value is -3.00. The number of nitrogens with one attached hydrogen (secondary N) is 1. The topological polar surface area (TPSA) is 83.6 Å². The van der Waals surface area contributed by atoms with E-state index >= 15 is 0 Å². The van der Waals surface area contributed by atoms with Crippen molar-refractivity contribution in [2.45, 2.75) is 37.8 Å². The van der Waals surface area contributed by atoms with Crippen LogP contribution < -0.4 is 5.32 Å². The molecule has 178 valence electrons. The highest BCUT2D eigenvalue weighted by molar-refractivity contribution is 7.89. The zero-order chi connectivity index (χ0) is 24.7. The zero-order valence-electron chi connectivity index (χ0n) is 19.1. The zero-order valence-corrected chi connectivity index (χ0v) is 20.6. The summed E-state index contributed by atoms with van der Waals surface area (Å²) in [5, 5.41) is 3.01. The molecule has 6 nitrogen and oxygen atoms in total. The third-order valence-corrected chi connectivity index (χ3v) is 7.51. The highest BCUT2D eigenvalue weighted by Crippen LogP contribution is 2.32. The van der Waals surface area contributed by atoms with Gasteiger partial charge in [0.15, 0.2) is 0 Å². The molecule has 1 N–H and O–H groups in total. The molecule has 34 heavy (non-hydrogen) atoms. The SMILES string of the molecule is CC[C@@H](c1ccccc1)N(Cc1ccc(C(=O)NCC(C)=O)cc1)S(=O)(=O)c1ccc(Cl)cc1. The van der Waals surface area contributed by atoms with Crippen molar-refractivity contribution in [1.82, 2.24) is 9.62 Å². The summed E-state index contributed by atoms with van der Waals surface area (Å²) in [6.45, 7) is 3.43. The lowest BCUT2D eigenvalue weighted by atomic mass is 10.0. The molecule has 0 heterocycles. The molecular weight excluding hydrogens is 472 g/mol. The van der Waals surface area contributed by atoms with Crippen LogP contribution >= 0.6 is 11.6 Å². The standard InChI is InChI=1S/C26H27ClN2O4S/c1-3-25(21-7-5-4-6-8-21)29(34(32,33)24-15-13-23(27)14-16-24)18-20-9-11-22(12-10-20)26(31)28-17-19(2)30/h4-16,25H,3,17-18H2,1-2H3,(H,28,31)/t25-/m0/s1. The van der Waals surface area contributed by atoms with Crippen LogP contribution in [0.3, 0.4) is 0 Å². The Kier molecular flexibility index (Phi) is 8.61. The van der Waals surface area contributed by atoms with Crippen molar-refractivity contribution >= 4 is 33.3 Å². The maximum atomic E-state index is 13.7. The number of rotatable bonds is 10. The first-order valence-electron chi connectivity index (χ1n) is 10.9. The van der Waals surface area contributed by atoms with Crippen molar-refractivity contribution in [2.75, 3.05) is 6.54 Å². The average molecular weight is 499 g/mol. The lowest BCUT2D eigenvalue weighted by molar-refractivity contribution is -0.116. The molecule has 3 aromatic rings. The van der Waals surface area contributed by atoms with E-state index in [4.69, 9.17) is 11.6 Å². The molecule has 0 bridgehead atoms. The van der Waals surface area contributed by atoms with E-state index in [0.717, 1.165) is 11.1 Å². The fourth-order valence-electron chi connectivity index (χ4n) is 3.63. The van der Waals surface area contributed by atoms with Crippen molar-refractivity contribution < 1.29 is 18.0 Å². The number of benzene rings is 3. The molecule has 0 saturated carbocycles. The van der Waals surface area contributed by atoms with Gasteiger partial charge in [-0.2, -0.15) is 4.31 Å². The van der Waals surface area contributed by atoms with Crippen molar-refractivity contribution in [3.05, 3.63) is 101 Å². The van der Waals surface area contributed by atoms with Gasteiger partial charge in [0.25, 0.3) is 5.91 Å². The second kappa shape index (κ2) is 11.4. The number of nitrogens with zero attached hydrogens (tertiary/aromatic N) is 1. The molecule has 0 aromatic heterocycles. The minimum absolute atomic E-state index is 0.0387. The van der Waals surface area contributed by atoms with Crippen LogP contribution in [0.25, 0.3) is 0 Å². The van der Waals surface area contributed by atoms with Crippen molar-refractivity contribution in [1.29, 1.82) is 0 Å². The molecular formula is C26H27ClN2O4S. The molecule has 0 radical (unpaired) electrons. The molecule has 0 aliphatic heterocycles. The molecule has 0 aliphatic carbocycles. The van der Waals surface area contributed by atoms with Crippen LogP contribution in [0.2, 0.25) is 5.02 Å². The Balaban J connectivity index is 1.95. The second-order valence-corrected chi connectivity index (χ2v) is 10.2. The monoisotopic (exact) mass is 498 g/mol. The van der Waals surface area contributed by atoms with Gasteiger partial charge in [0, 0.05) is 17.1 Å². The molecule has 8 heteroatoms. The van der Waals surface area contributed by atoms with Crippen LogP contribution in [0.15, 0.2) is 83.8 Å². The largest absolute Gasteiger partial charge is 0.345 e. The molecule has 3 aromatic carbocycles. The predicted octanol–water partition coefficient (Wildman–Crippen LogP) is 5.00. The number of ketones is 1. The van der Waals surface area contributed by atoms with Gasteiger partial charge in [-0.1, -0.05) is 61.0 Å². The molecule has 3 rings (SSSR count). The number of hydrogen-bond donors (Lipinski definition) is 1. The van der Waals surface area contributed by atoms with E-state index in [1.54, 1.807) is 36.4 Å². The van der Waals surface area contributed by atoms with Gasteiger partial charge in [-0.25, -0.2) is 8.42 Å². The normalized spacial score (nSPS) is 12.4. The summed E-state index contributed by atoms with van der Waals surface area (Å²) >= 11 is 5.98. The number of carbonyl (C=O) groups is 2. The van der Waals surface area contributed by atoms with Crippen LogP contribution in [-0.4, -0.2) is 31.0 Å². The van der Waals surface area contributed by atoms with E-state index in [0.29, 0.717) is 17.0 Å². The summed E-state index contributed by atoms with van der Waals surface area (Å²) < 4.78 is 28.9. The van der Waals surface area contributed by atoms with Gasteiger partial charge in [-0.05, 0) is 60.9 Å². The van der Waals surface area contributed by atoms with Gasteiger partial charge in [0.2, 0.25) is 10.0 Å². The van der Waals surface area contributed by atoms with Gasteiger partial charge in [-0.15, -0.1) is 0 Å². The first-order chi connectivity index (χ1) is 16.2. The van der Waals surface area contributed by atoms with E-state index in [1.807, 2.05) is 37.3 Å². The molecule has 0 aliphatic rings. The van der Waals surface area contributed by atoms with Crippen molar-refractivity contribution in [2.24, 2.45) is 0 Å². The first-order valence-corrected chi connectivity index (χ1v) is 12.7. The fraction of sp³-hybridized carbons (Fsp3) is 0.231. The quantitative estimate of drug-likeness (QED) is 0.426. The number of amides is 1. The Morgan fingerprint density at radius 1 is 0.941 bits per heavy atom. The van der Waals surface area contributed by atoms with Gasteiger partial charge >= 0.3 is 0 Å². The third kappa shape index (κ3) is 6.32. The Labute approximate surface area is 205 Å². The minimum atomic E-state index is -3.86. The fourth-order valence-corrected chi connectivity index (χ4v) is 5.44. The number of Topliss-reactive ketones (excluding diaryl/α,β-unsaturated/α-hetero) is 1. The minimum Gasteiger partial charge on any atom is -0.345 e. The highest BCUT2D eigenvalue weighted by atomic mass is 35.5. The summed E-state index contributed by atoms with van der Waals surface area (Å²) in [4.78, 5) is 23.5. The lowest BCUT2D eigenvalue weighted by Gasteiger charge is -2.31. The van der Waals surface area contributed by atoms with E-state index in [1.165, 1.54) is 23.4 Å². The third-order valence-electron chi connectivity index (χ3n) is 5.39. The Morgan fingerprint density at radius 3 is 2.12 bits per heavy atom. The number of halogens is 1. The van der Waals surface area contributed by atoms with Crippen LogP contribution in [0.1, 0.15) is 47.8 Å². The van der Waals surface area contributed by atoms with Crippen LogP contribution in [-0.2, 0) is 21.4 Å². The lowest BCUT2D eigenvalue weighted by Crippen LogP contribution is -2.34. The summed E-state index contributed by atoms with van der Waals surface area (Å²) in [5.74, 6) is -0.498. The maximum Gasteiger partial charge on any atom is 0.251 e. The van der Waals surface area contributed by atoms with E-state index in [9.17, 15) is 18.0 Å². The van der Waals surface area contributed by atoms with Gasteiger partial charge < -0.3 is 5.32 Å². The van der Waals surface area contributed by atoms with E-state index in [-0.39, 0.29) is 35.7 Å². The molecule has 0 spiro atoms. The Morgan fingerprint density at radius 2 is 1.56 bits per heavy atom. The van der Waals surface area contributed by atoms with Crippen LogP contribution in [0.4, 0.5) is 0 Å². The van der Waals surface area contributed by atoms with Gasteiger partial charge in [-0.3, -0.25) is 9.59 Å². The number of hydrogen-bond acceptors (Lipinski definition) is 4. The predicted molar refractivity (Wildman–Crippen MR) is 133 cm³/mol. The summed E-state index contributed by atoms with van der Waals surface area (Å²) in [5.41, 5.74) is 2.02. The van der Waals surface area contributed by atoms with Crippen LogP contribution in [0, 0.1) is 0 Å². The summed E-state index contributed by atoms with van der Waals surface area (Å²) in [6, 6.07) is 22.0. The van der Waals surface area contributed by atoms with Crippen molar-refractivity contribution in [3.63, 3.8) is 0 Å². The number of carbonyl (C=O) groups excluding carboxylic acids is 2. The van der Waals surface area contributed by atoms with Crippen LogP contribution in [0.5, 0.6) is 0 Å². The number of sulfonamides is 1. The van der Waals surface area contributed by atoms with E-state index in [2.05, 4.69) is 5.32 Å². The first kappa shape index (κ1) is 25.6. The van der Waals surface area contributed by atoms with Crippen molar-refractivity contribution in [3.8, 4) is 0 Å². The summed E-state index contributed by atoms with van der Waals surface area (Å²) in [6.07, 6.45) is 0.572. The van der Waals surface area contributed by atoms with Gasteiger partial charge in [0.05, 0.1) is 17.5 Å². The average Bonchev–Trinajstić information content (AvgIpc) is 2.83. The van der Waals surface area contributed by atoms with Gasteiger partial charge in [0.1, 0.15) is 5.78 Å². The second-order valence-electron chi connectivity index (χ2n) is 7.92. The highest BCUT2D eigenvalue weighted by Gasteiger charge is 2.31. The molecule has 0 fully saturated rings. The molecule has 0 unspecified atom stereocenters. The molecule has 0 saturated heterocycles. The summed E-state index contributed by atoms with van der Waals surface area (Å²) in [7, 11) is -3.86. The maximum absolute atomic E-state index is 13.7. The molecule has 1 atom stereocenters. The Bertz CT molecular complexity index is 1230. The smallest absolute Gasteiger partial charge is 0.251 e. The molecule has 1 amide bonds. The van der Waals surface area contributed by atoms with E-state index < -0.39 is 10.0 Å².